The van der Waals surface area contributed by atoms with Gasteiger partial charge in [0.2, 0.25) is 0 Å². The first kappa shape index (κ1) is 18.4. The van der Waals surface area contributed by atoms with Crippen LogP contribution in [0.2, 0.25) is 5.02 Å². The highest BCUT2D eigenvalue weighted by atomic mass is 35.5. The van der Waals surface area contributed by atoms with Crippen LogP contribution in [-0.2, 0) is 4.79 Å². The summed E-state index contributed by atoms with van der Waals surface area (Å²) in [4.78, 5) is 16.7. The predicted molar refractivity (Wildman–Crippen MR) is 103 cm³/mol. The third-order valence-corrected chi connectivity index (χ3v) is 4.83. The molecule has 6 heteroatoms. The van der Waals surface area contributed by atoms with Crippen molar-refractivity contribution in [3.8, 4) is 11.5 Å². The molecule has 3 rings (SSSR count). The number of aromatic hydroxyl groups is 1. The minimum Gasteiger partial charge on any atom is -0.508 e. The molecule has 0 spiro atoms. The summed E-state index contributed by atoms with van der Waals surface area (Å²) in [6.07, 6.45) is -0.546. The van der Waals surface area contributed by atoms with Crippen molar-refractivity contribution in [2.45, 2.75) is 20.0 Å². The fourth-order valence-corrected chi connectivity index (χ4v) is 3.32. The summed E-state index contributed by atoms with van der Waals surface area (Å²) in [5.41, 5.74) is 1.96. The van der Waals surface area contributed by atoms with E-state index in [2.05, 4.69) is 4.90 Å². The van der Waals surface area contributed by atoms with Crippen molar-refractivity contribution in [3.05, 3.63) is 53.1 Å². The van der Waals surface area contributed by atoms with E-state index >= 15 is 0 Å². The van der Waals surface area contributed by atoms with E-state index in [1.165, 1.54) is 0 Å². The molecule has 5 nitrogen and oxygen atoms in total. The van der Waals surface area contributed by atoms with Crippen LogP contribution in [-0.4, -0.2) is 48.2 Å². The average Bonchev–Trinajstić information content (AvgIpc) is 2.64. The van der Waals surface area contributed by atoms with Crippen molar-refractivity contribution in [2.75, 3.05) is 31.1 Å². The van der Waals surface area contributed by atoms with Gasteiger partial charge in [0.05, 0.1) is 0 Å². The van der Waals surface area contributed by atoms with Gasteiger partial charge in [0.1, 0.15) is 11.5 Å². The quantitative estimate of drug-likeness (QED) is 0.890. The molecule has 1 unspecified atom stereocenters. The van der Waals surface area contributed by atoms with Gasteiger partial charge < -0.3 is 19.6 Å². The van der Waals surface area contributed by atoms with E-state index in [0.717, 1.165) is 24.3 Å². The van der Waals surface area contributed by atoms with Gasteiger partial charge in [-0.2, -0.15) is 0 Å². The lowest BCUT2D eigenvalue weighted by Crippen LogP contribution is -2.52. The minimum atomic E-state index is -0.546. The van der Waals surface area contributed by atoms with Crippen LogP contribution in [0.5, 0.6) is 11.5 Å². The zero-order valence-electron chi connectivity index (χ0n) is 15.0. The van der Waals surface area contributed by atoms with Crippen LogP contribution < -0.4 is 9.64 Å². The van der Waals surface area contributed by atoms with E-state index in [4.69, 9.17) is 16.3 Å². The SMILES string of the molecule is Cc1cc(Cl)ccc1OC(C)C(=O)N1CCN(c2ccc(O)cc2)CC1. The van der Waals surface area contributed by atoms with Crippen LogP contribution in [0, 0.1) is 6.92 Å². The molecule has 1 heterocycles. The number of carbonyl (C=O) groups excluding carboxylic acids is 1. The summed E-state index contributed by atoms with van der Waals surface area (Å²) >= 11 is 5.96. The molecule has 0 aromatic heterocycles. The third kappa shape index (κ3) is 4.22. The monoisotopic (exact) mass is 374 g/mol. The molecule has 1 aliphatic rings. The summed E-state index contributed by atoms with van der Waals surface area (Å²) in [7, 11) is 0. The van der Waals surface area contributed by atoms with Crippen molar-refractivity contribution in [3.63, 3.8) is 0 Å². The fraction of sp³-hybridized carbons (Fsp3) is 0.350. The number of phenolic OH excluding ortho intramolecular Hbond substituents is 1. The van der Waals surface area contributed by atoms with Gasteiger partial charge in [-0.3, -0.25) is 4.79 Å². The van der Waals surface area contributed by atoms with Crippen molar-refractivity contribution in [2.24, 2.45) is 0 Å². The molecule has 1 atom stereocenters. The number of phenols is 1. The Labute approximate surface area is 158 Å². The van der Waals surface area contributed by atoms with E-state index in [9.17, 15) is 9.90 Å². The van der Waals surface area contributed by atoms with Gasteiger partial charge in [0, 0.05) is 36.9 Å². The molecule has 2 aromatic rings. The highest BCUT2D eigenvalue weighted by molar-refractivity contribution is 6.30. The van der Waals surface area contributed by atoms with Gasteiger partial charge in [0.15, 0.2) is 6.10 Å². The van der Waals surface area contributed by atoms with Crippen molar-refractivity contribution in [1.82, 2.24) is 4.90 Å². The molecule has 0 saturated carbocycles. The molecule has 2 aromatic carbocycles. The summed E-state index contributed by atoms with van der Waals surface area (Å²) in [6, 6.07) is 12.5. The lowest BCUT2D eigenvalue weighted by atomic mass is 10.2. The van der Waals surface area contributed by atoms with Crippen LogP contribution in [0.25, 0.3) is 0 Å². The number of carbonyl (C=O) groups is 1. The van der Waals surface area contributed by atoms with Crippen molar-refractivity contribution >= 4 is 23.2 Å². The Morgan fingerprint density at radius 3 is 2.38 bits per heavy atom. The van der Waals surface area contributed by atoms with Gasteiger partial charge in [-0.05, 0) is 61.9 Å². The van der Waals surface area contributed by atoms with Gasteiger partial charge in [-0.15, -0.1) is 0 Å². The molecule has 1 N–H and O–H groups in total. The molecule has 1 fully saturated rings. The van der Waals surface area contributed by atoms with E-state index in [0.29, 0.717) is 23.9 Å². The number of benzene rings is 2. The highest BCUT2D eigenvalue weighted by Crippen LogP contribution is 2.24. The summed E-state index contributed by atoms with van der Waals surface area (Å²) in [6.45, 7) is 6.49. The first-order valence-electron chi connectivity index (χ1n) is 8.69. The number of rotatable bonds is 4. The van der Waals surface area contributed by atoms with Crippen LogP contribution in [0.1, 0.15) is 12.5 Å². The number of hydrogen-bond donors (Lipinski definition) is 1. The van der Waals surface area contributed by atoms with E-state index in [1.54, 1.807) is 31.2 Å². The van der Waals surface area contributed by atoms with Crippen LogP contribution in [0.3, 0.4) is 0 Å². The van der Waals surface area contributed by atoms with Gasteiger partial charge in [0.25, 0.3) is 5.91 Å². The Hall–Kier alpha value is -2.40. The second kappa shape index (κ2) is 7.87. The van der Waals surface area contributed by atoms with Crippen molar-refractivity contribution < 1.29 is 14.6 Å². The minimum absolute atomic E-state index is 0.00953. The van der Waals surface area contributed by atoms with Gasteiger partial charge in [-0.25, -0.2) is 0 Å². The molecular weight excluding hydrogens is 352 g/mol. The maximum absolute atomic E-state index is 12.7. The number of anilines is 1. The number of aryl methyl sites for hydroxylation is 1. The number of amides is 1. The highest BCUT2D eigenvalue weighted by Gasteiger charge is 2.26. The normalized spacial score (nSPS) is 15.7. The number of nitrogens with zero attached hydrogens (tertiary/aromatic N) is 2. The average molecular weight is 375 g/mol. The largest absolute Gasteiger partial charge is 0.508 e. The Morgan fingerprint density at radius 2 is 1.77 bits per heavy atom. The lowest BCUT2D eigenvalue weighted by molar-refractivity contribution is -0.138. The predicted octanol–water partition coefficient (Wildman–Crippen LogP) is 3.47. The molecule has 1 amide bonds. The Bertz CT molecular complexity index is 771. The maximum Gasteiger partial charge on any atom is 0.263 e. The van der Waals surface area contributed by atoms with Crippen LogP contribution in [0.4, 0.5) is 5.69 Å². The van der Waals surface area contributed by atoms with Crippen molar-refractivity contribution in [1.29, 1.82) is 0 Å². The molecule has 0 bridgehead atoms. The zero-order valence-corrected chi connectivity index (χ0v) is 15.7. The Kier molecular flexibility index (Phi) is 5.57. The summed E-state index contributed by atoms with van der Waals surface area (Å²) < 4.78 is 5.85. The third-order valence-electron chi connectivity index (χ3n) is 4.59. The maximum atomic E-state index is 12.7. The Balaban J connectivity index is 1.56. The number of ether oxygens (including phenoxy) is 1. The lowest BCUT2D eigenvalue weighted by Gasteiger charge is -2.37. The van der Waals surface area contributed by atoms with E-state index < -0.39 is 6.10 Å². The smallest absolute Gasteiger partial charge is 0.263 e. The number of piperazine rings is 1. The van der Waals surface area contributed by atoms with Crippen LogP contribution in [0.15, 0.2) is 42.5 Å². The van der Waals surface area contributed by atoms with Crippen LogP contribution >= 0.6 is 11.6 Å². The standard InChI is InChI=1S/C20H23ClN2O3/c1-14-13-16(21)3-8-19(14)26-15(2)20(25)23-11-9-22(10-12-23)17-4-6-18(24)7-5-17/h3-8,13,15,24H,9-12H2,1-2H3. The summed E-state index contributed by atoms with van der Waals surface area (Å²) in [5.74, 6) is 0.925. The molecule has 138 valence electrons. The number of halogens is 1. The van der Waals surface area contributed by atoms with E-state index in [-0.39, 0.29) is 11.7 Å². The zero-order chi connectivity index (χ0) is 18.7. The fourth-order valence-electron chi connectivity index (χ4n) is 3.09. The van der Waals surface area contributed by atoms with E-state index in [1.807, 2.05) is 30.0 Å². The molecular formula is C20H23ClN2O3. The Morgan fingerprint density at radius 1 is 1.12 bits per heavy atom. The molecule has 0 aliphatic carbocycles. The van der Waals surface area contributed by atoms with Gasteiger partial charge in [-0.1, -0.05) is 11.6 Å². The second-order valence-corrected chi connectivity index (χ2v) is 6.94. The first-order chi connectivity index (χ1) is 12.4. The molecule has 0 radical (unpaired) electrons. The molecule has 26 heavy (non-hydrogen) atoms. The number of hydrogen-bond acceptors (Lipinski definition) is 4. The summed E-state index contributed by atoms with van der Waals surface area (Å²) in [5, 5.41) is 10.0. The van der Waals surface area contributed by atoms with Gasteiger partial charge >= 0.3 is 0 Å². The first-order valence-corrected chi connectivity index (χ1v) is 9.07. The molecule has 1 saturated heterocycles. The molecule has 1 aliphatic heterocycles. The second-order valence-electron chi connectivity index (χ2n) is 6.50. The topological polar surface area (TPSA) is 53.0 Å².